The van der Waals surface area contributed by atoms with Crippen LogP contribution in [0.1, 0.15) is 15.9 Å². The van der Waals surface area contributed by atoms with Crippen molar-refractivity contribution >= 4 is 5.91 Å². The van der Waals surface area contributed by atoms with Gasteiger partial charge in [0, 0.05) is 12.1 Å². The summed E-state index contributed by atoms with van der Waals surface area (Å²) in [6, 6.07) is 10.8. The predicted octanol–water partition coefficient (Wildman–Crippen LogP) is 3.60. The number of carbonyl (C=O) groups is 1. The maximum Gasteiger partial charge on any atom is 0.256 e. The van der Waals surface area contributed by atoms with Gasteiger partial charge in [-0.25, -0.2) is 8.78 Å². The number of carbonyl (C=O) groups excluding carboxylic acids is 1. The zero-order valence-corrected chi connectivity index (χ0v) is 14.0. The van der Waals surface area contributed by atoms with Gasteiger partial charge in [0.2, 0.25) is 0 Å². The van der Waals surface area contributed by atoms with E-state index in [2.05, 4.69) is 10.5 Å². The molecular formula is C19H16F2N2O3. The van der Waals surface area contributed by atoms with E-state index >= 15 is 0 Å². The van der Waals surface area contributed by atoms with Crippen LogP contribution in [0.15, 0.2) is 53.2 Å². The highest BCUT2D eigenvalue weighted by molar-refractivity contribution is 5.99. The molecule has 1 amide bonds. The molecule has 2 aromatic carbocycles. The zero-order valence-electron chi connectivity index (χ0n) is 14.0. The summed E-state index contributed by atoms with van der Waals surface area (Å²) in [6.07, 6.45) is 1.82. The van der Waals surface area contributed by atoms with E-state index in [4.69, 9.17) is 9.26 Å². The highest BCUT2D eigenvalue weighted by atomic mass is 19.2. The fourth-order valence-corrected chi connectivity index (χ4v) is 2.56. The number of aromatic nitrogens is 1. The Morgan fingerprint density at radius 2 is 2.00 bits per heavy atom. The fraction of sp³-hybridized carbons (Fsp3) is 0.158. The molecule has 7 heteroatoms. The number of methoxy groups -OCH3 is 1. The first-order valence-electron chi connectivity index (χ1n) is 7.90. The summed E-state index contributed by atoms with van der Waals surface area (Å²) in [6.45, 7) is 0.363. The molecule has 0 aliphatic rings. The Morgan fingerprint density at radius 1 is 1.19 bits per heavy atom. The number of hydrogen-bond donors (Lipinski definition) is 1. The maximum absolute atomic E-state index is 13.4. The zero-order chi connectivity index (χ0) is 18.5. The average molecular weight is 358 g/mol. The minimum atomic E-state index is -1.03. The molecule has 26 heavy (non-hydrogen) atoms. The van der Waals surface area contributed by atoms with Gasteiger partial charge in [0.05, 0.1) is 13.3 Å². The lowest BCUT2D eigenvalue weighted by Gasteiger charge is -2.09. The summed E-state index contributed by atoms with van der Waals surface area (Å²) in [5.74, 6) is -1.59. The van der Waals surface area contributed by atoms with Crippen LogP contribution in [0.3, 0.4) is 0 Å². The van der Waals surface area contributed by atoms with E-state index < -0.39 is 17.5 Å². The molecule has 0 saturated carbocycles. The summed E-state index contributed by atoms with van der Waals surface area (Å²) in [5, 5.41) is 6.35. The minimum absolute atomic E-state index is 0.0821. The van der Waals surface area contributed by atoms with Crippen molar-refractivity contribution in [1.29, 1.82) is 0 Å². The Hall–Kier alpha value is -3.22. The molecule has 1 N–H and O–H groups in total. The first-order chi connectivity index (χ1) is 12.6. The van der Waals surface area contributed by atoms with Crippen LogP contribution < -0.4 is 10.1 Å². The molecule has 1 aromatic heterocycles. The molecule has 5 nitrogen and oxygen atoms in total. The highest BCUT2D eigenvalue weighted by Gasteiger charge is 2.19. The molecular weight excluding hydrogens is 342 g/mol. The number of nitrogens with zero attached hydrogens (tertiary/aromatic N) is 1. The fourth-order valence-electron chi connectivity index (χ4n) is 2.56. The van der Waals surface area contributed by atoms with E-state index in [1.54, 1.807) is 7.11 Å². The monoisotopic (exact) mass is 358 g/mol. The van der Waals surface area contributed by atoms with E-state index in [0.717, 1.165) is 23.4 Å². The van der Waals surface area contributed by atoms with E-state index in [1.807, 2.05) is 24.3 Å². The van der Waals surface area contributed by atoms with E-state index in [9.17, 15) is 13.6 Å². The lowest BCUT2D eigenvalue weighted by atomic mass is 10.1. The van der Waals surface area contributed by atoms with E-state index in [1.165, 1.54) is 12.3 Å². The predicted molar refractivity (Wildman–Crippen MR) is 90.9 cm³/mol. The number of para-hydroxylation sites is 1. The van der Waals surface area contributed by atoms with Crippen LogP contribution in [0.5, 0.6) is 5.75 Å². The van der Waals surface area contributed by atoms with Gasteiger partial charge < -0.3 is 14.6 Å². The van der Waals surface area contributed by atoms with Gasteiger partial charge in [-0.3, -0.25) is 4.79 Å². The van der Waals surface area contributed by atoms with Gasteiger partial charge in [0.1, 0.15) is 11.3 Å². The maximum atomic E-state index is 13.4. The summed E-state index contributed by atoms with van der Waals surface area (Å²) >= 11 is 0. The van der Waals surface area contributed by atoms with Crippen molar-refractivity contribution in [1.82, 2.24) is 10.5 Å². The van der Waals surface area contributed by atoms with Crippen LogP contribution in [-0.4, -0.2) is 24.7 Å². The van der Waals surface area contributed by atoms with Crippen molar-refractivity contribution in [2.24, 2.45) is 0 Å². The summed E-state index contributed by atoms with van der Waals surface area (Å²) in [5.41, 5.74) is 1.34. The Balaban J connectivity index is 1.69. The molecule has 0 bridgehead atoms. The first-order valence-corrected chi connectivity index (χ1v) is 7.90. The average Bonchev–Trinajstić information content (AvgIpc) is 3.14. The number of hydrogen-bond acceptors (Lipinski definition) is 4. The molecule has 0 aliphatic carbocycles. The normalized spacial score (nSPS) is 10.6. The Labute approximate surface area is 148 Å². The van der Waals surface area contributed by atoms with Gasteiger partial charge in [-0.2, -0.15) is 0 Å². The quantitative estimate of drug-likeness (QED) is 0.731. The van der Waals surface area contributed by atoms with Crippen molar-refractivity contribution < 1.29 is 22.8 Å². The van der Waals surface area contributed by atoms with Gasteiger partial charge >= 0.3 is 0 Å². The Kier molecular flexibility index (Phi) is 5.26. The van der Waals surface area contributed by atoms with Gasteiger partial charge in [-0.1, -0.05) is 23.4 Å². The topological polar surface area (TPSA) is 64.4 Å². The van der Waals surface area contributed by atoms with E-state index in [-0.39, 0.29) is 16.9 Å². The molecule has 3 rings (SSSR count). The van der Waals surface area contributed by atoms with Crippen molar-refractivity contribution in [3.63, 3.8) is 0 Å². The van der Waals surface area contributed by atoms with Gasteiger partial charge in [-0.05, 0) is 36.2 Å². The van der Waals surface area contributed by atoms with Crippen LogP contribution >= 0.6 is 0 Å². The second kappa shape index (κ2) is 7.77. The lowest BCUT2D eigenvalue weighted by molar-refractivity contribution is 0.0954. The molecule has 0 radical (unpaired) electrons. The number of rotatable bonds is 6. The van der Waals surface area contributed by atoms with Crippen LogP contribution in [0.2, 0.25) is 0 Å². The lowest BCUT2D eigenvalue weighted by Crippen LogP contribution is -2.25. The molecule has 134 valence electrons. The van der Waals surface area contributed by atoms with Gasteiger partial charge in [0.25, 0.3) is 5.91 Å². The molecule has 0 unspecified atom stereocenters. The SMILES string of the molecule is COc1ccccc1CCNC(=O)c1cnoc1-c1ccc(F)c(F)c1. The van der Waals surface area contributed by atoms with Crippen LogP contribution in [0.25, 0.3) is 11.3 Å². The van der Waals surface area contributed by atoms with Crippen LogP contribution in [0.4, 0.5) is 8.78 Å². The molecule has 0 saturated heterocycles. The van der Waals surface area contributed by atoms with Crippen LogP contribution in [0, 0.1) is 11.6 Å². The number of benzene rings is 2. The largest absolute Gasteiger partial charge is 0.496 e. The molecule has 0 atom stereocenters. The molecule has 0 aliphatic heterocycles. The first kappa shape index (κ1) is 17.6. The highest BCUT2D eigenvalue weighted by Crippen LogP contribution is 2.25. The summed E-state index contributed by atoms with van der Waals surface area (Å²) in [4.78, 5) is 12.4. The molecule has 3 aromatic rings. The second-order valence-corrected chi connectivity index (χ2v) is 5.52. The summed E-state index contributed by atoms with van der Waals surface area (Å²) in [7, 11) is 1.59. The standard InChI is InChI=1S/C19H16F2N2O3/c1-25-17-5-3-2-4-12(17)8-9-22-19(24)14-11-23-26-18(14)13-6-7-15(20)16(21)10-13/h2-7,10-11H,8-9H2,1H3,(H,22,24). The van der Waals surface area contributed by atoms with Crippen LogP contribution in [-0.2, 0) is 6.42 Å². The molecule has 0 fully saturated rings. The molecule has 1 heterocycles. The van der Waals surface area contributed by atoms with Gasteiger partial charge in [0.15, 0.2) is 17.4 Å². The second-order valence-electron chi connectivity index (χ2n) is 5.52. The number of amides is 1. The third-order valence-electron chi connectivity index (χ3n) is 3.87. The smallest absolute Gasteiger partial charge is 0.256 e. The Morgan fingerprint density at radius 3 is 2.77 bits per heavy atom. The minimum Gasteiger partial charge on any atom is -0.496 e. The Bertz CT molecular complexity index is 925. The summed E-state index contributed by atoms with van der Waals surface area (Å²) < 4.78 is 36.8. The molecule has 0 spiro atoms. The third-order valence-corrected chi connectivity index (χ3v) is 3.87. The van der Waals surface area contributed by atoms with Crippen molar-refractivity contribution in [3.05, 3.63) is 71.4 Å². The van der Waals surface area contributed by atoms with E-state index in [0.29, 0.717) is 13.0 Å². The number of nitrogens with one attached hydrogen (secondary N) is 1. The van der Waals surface area contributed by atoms with Gasteiger partial charge in [-0.15, -0.1) is 0 Å². The number of halogens is 2. The van der Waals surface area contributed by atoms with Crippen molar-refractivity contribution in [2.45, 2.75) is 6.42 Å². The third kappa shape index (κ3) is 3.72. The van der Waals surface area contributed by atoms with Crippen molar-refractivity contribution in [3.8, 4) is 17.1 Å². The number of ether oxygens (including phenoxy) is 1. The van der Waals surface area contributed by atoms with Crippen molar-refractivity contribution in [2.75, 3.05) is 13.7 Å².